The van der Waals surface area contributed by atoms with Gasteiger partial charge in [0, 0.05) is 24.1 Å². The molecule has 0 amide bonds. The summed E-state index contributed by atoms with van der Waals surface area (Å²) in [5, 5.41) is 0.985. The molecule has 0 aromatic carbocycles. The number of hydrogen-bond donors (Lipinski definition) is 0. The van der Waals surface area contributed by atoms with E-state index in [0.717, 1.165) is 29.1 Å². The van der Waals surface area contributed by atoms with Crippen molar-refractivity contribution >= 4 is 21.7 Å². The smallest absolute Gasteiger partial charge is 0.150 e. The minimum atomic E-state index is 0.645. The first-order valence-electron chi connectivity index (χ1n) is 6.85. The summed E-state index contributed by atoms with van der Waals surface area (Å²) >= 11 is 3.57. The van der Waals surface area contributed by atoms with Gasteiger partial charge in [0.25, 0.3) is 0 Å². The van der Waals surface area contributed by atoms with Crippen LogP contribution in [0.4, 0.5) is 5.82 Å². The van der Waals surface area contributed by atoms with Crippen LogP contribution < -0.4 is 4.90 Å². The minimum absolute atomic E-state index is 0.645. The van der Waals surface area contributed by atoms with Crippen LogP contribution >= 0.6 is 15.9 Å². The Bertz CT molecular complexity index is 389. The molecule has 4 heteroatoms. The van der Waals surface area contributed by atoms with Gasteiger partial charge < -0.3 is 4.90 Å². The Morgan fingerprint density at radius 1 is 1.28 bits per heavy atom. The summed E-state index contributed by atoms with van der Waals surface area (Å²) in [6.07, 6.45) is 8.52. The second kappa shape index (κ2) is 6.50. The maximum Gasteiger partial charge on any atom is 0.150 e. The van der Waals surface area contributed by atoms with Crippen molar-refractivity contribution in [2.45, 2.75) is 52.0 Å². The molecule has 2 rings (SSSR count). The number of nitrogens with zero attached hydrogens (tertiary/aromatic N) is 3. The van der Waals surface area contributed by atoms with E-state index in [4.69, 9.17) is 4.98 Å². The van der Waals surface area contributed by atoms with Crippen LogP contribution in [0.25, 0.3) is 0 Å². The third-order valence-corrected chi connectivity index (χ3v) is 4.02. The average molecular weight is 312 g/mol. The van der Waals surface area contributed by atoms with Gasteiger partial charge in [-0.2, -0.15) is 0 Å². The zero-order valence-corrected chi connectivity index (χ0v) is 12.9. The molecule has 18 heavy (non-hydrogen) atoms. The van der Waals surface area contributed by atoms with E-state index in [-0.39, 0.29) is 0 Å². The van der Waals surface area contributed by atoms with E-state index >= 15 is 0 Å². The van der Waals surface area contributed by atoms with Gasteiger partial charge in [-0.15, -0.1) is 0 Å². The van der Waals surface area contributed by atoms with Crippen LogP contribution in [0.15, 0.2) is 6.20 Å². The highest BCUT2D eigenvalue weighted by Gasteiger charge is 2.23. The molecule has 0 N–H and O–H groups in total. The lowest BCUT2D eigenvalue weighted by molar-refractivity contribution is 0.416. The molecule has 0 saturated heterocycles. The Kier molecular flexibility index (Phi) is 4.98. The number of hydrogen-bond acceptors (Lipinski definition) is 3. The van der Waals surface area contributed by atoms with Gasteiger partial charge in [0.15, 0.2) is 5.82 Å². The van der Waals surface area contributed by atoms with E-state index in [0.29, 0.717) is 6.04 Å². The lowest BCUT2D eigenvalue weighted by Crippen LogP contribution is -2.39. The number of aryl methyl sites for hydroxylation is 2. The lowest BCUT2D eigenvalue weighted by atomic mass is 9.94. The van der Waals surface area contributed by atoms with Gasteiger partial charge in [0.2, 0.25) is 0 Å². The number of halogens is 1. The molecule has 1 aromatic rings. The van der Waals surface area contributed by atoms with Crippen LogP contribution in [-0.2, 0) is 0 Å². The normalized spacial score (nSPS) is 16.8. The molecular formula is C14H22BrN3. The van der Waals surface area contributed by atoms with Crippen LogP contribution in [0.5, 0.6) is 0 Å². The zero-order valence-electron chi connectivity index (χ0n) is 11.3. The van der Waals surface area contributed by atoms with E-state index < -0.39 is 0 Å². The number of alkyl halides is 1. The van der Waals surface area contributed by atoms with Crippen LogP contribution in [0.2, 0.25) is 0 Å². The third-order valence-electron chi connectivity index (χ3n) is 3.66. The van der Waals surface area contributed by atoms with E-state index in [1.54, 1.807) is 0 Å². The summed E-state index contributed by atoms with van der Waals surface area (Å²) in [7, 11) is 0. The van der Waals surface area contributed by atoms with Gasteiger partial charge in [0.1, 0.15) is 0 Å². The maximum absolute atomic E-state index is 4.71. The van der Waals surface area contributed by atoms with Crippen molar-refractivity contribution in [2.24, 2.45) is 0 Å². The second-order valence-corrected chi connectivity index (χ2v) is 5.89. The Morgan fingerprint density at radius 3 is 2.67 bits per heavy atom. The van der Waals surface area contributed by atoms with Crippen molar-refractivity contribution in [3.8, 4) is 0 Å². The van der Waals surface area contributed by atoms with Crippen molar-refractivity contribution in [1.82, 2.24) is 9.97 Å². The molecular weight excluding hydrogens is 290 g/mol. The maximum atomic E-state index is 4.71. The highest BCUT2D eigenvalue weighted by Crippen LogP contribution is 2.27. The van der Waals surface area contributed by atoms with Gasteiger partial charge in [-0.05, 0) is 26.7 Å². The van der Waals surface area contributed by atoms with E-state index in [1.165, 1.54) is 32.1 Å². The van der Waals surface area contributed by atoms with Gasteiger partial charge in [-0.1, -0.05) is 35.2 Å². The van der Waals surface area contributed by atoms with Crippen molar-refractivity contribution < 1.29 is 0 Å². The summed E-state index contributed by atoms with van der Waals surface area (Å²) in [6.45, 7) is 5.10. The van der Waals surface area contributed by atoms with E-state index in [2.05, 4.69) is 32.7 Å². The molecule has 1 aliphatic carbocycles. The topological polar surface area (TPSA) is 29.0 Å². The van der Waals surface area contributed by atoms with Crippen molar-refractivity contribution in [2.75, 3.05) is 16.8 Å². The first-order chi connectivity index (χ1) is 8.72. The monoisotopic (exact) mass is 311 g/mol. The zero-order chi connectivity index (χ0) is 13.0. The molecule has 1 aliphatic rings. The summed E-state index contributed by atoms with van der Waals surface area (Å²) in [6, 6.07) is 0.645. The van der Waals surface area contributed by atoms with Gasteiger partial charge in [0.05, 0.1) is 11.4 Å². The fourth-order valence-corrected chi connectivity index (χ4v) is 3.12. The Labute approximate surface area is 118 Å². The summed E-state index contributed by atoms with van der Waals surface area (Å²) in [4.78, 5) is 11.6. The molecule has 0 bridgehead atoms. The summed E-state index contributed by atoms with van der Waals surface area (Å²) in [5.74, 6) is 1.08. The second-order valence-electron chi connectivity index (χ2n) is 5.09. The fourth-order valence-electron chi connectivity index (χ4n) is 2.74. The highest BCUT2D eigenvalue weighted by atomic mass is 79.9. The Morgan fingerprint density at radius 2 is 2.00 bits per heavy atom. The van der Waals surface area contributed by atoms with Crippen molar-refractivity contribution in [3.05, 3.63) is 17.6 Å². The van der Waals surface area contributed by atoms with Crippen LogP contribution in [0.1, 0.15) is 43.5 Å². The standard InChI is InChI=1S/C14H22BrN3/c1-11-10-16-12(2)14(17-11)18(9-8-15)13-6-4-3-5-7-13/h10,13H,3-9H2,1-2H3. The molecule has 1 aromatic heterocycles. The highest BCUT2D eigenvalue weighted by molar-refractivity contribution is 9.09. The number of anilines is 1. The predicted octanol–water partition coefficient (Wildman–Crippen LogP) is 3.63. The average Bonchev–Trinajstić information content (AvgIpc) is 2.40. The van der Waals surface area contributed by atoms with Crippen LogP contribution in [0, 0.1) is 13.8 Å². The molecule has 0 spiro atoms. The molecule has 3 nitrogen and oxygen atoms in total. The van der Waals surface area contributed by atoms with Gasteiger partial charge >= 0.3 is 0 Å². The summed E-state index contributed by atoms with van der Waals surface area (Å²) < 4.78 is 0. The quantitative estimate of drug-likeness (QED) is 0.795. The molecule has 0 radical (unpaired) electrons. The first-order valence-corrected chi connectivity index (χ1v) is 7.97. The van der Waals surface area contributed by atoms with Crippen LogP contribution in [-0.4, -0.2) is 27.9 Å². The van der Waals surface area contributed by atoms with Gasteiger partial charge in [-0.25, -0.2) is 4.98 Å². The number of rotatable bonds is 4. The van der Waals surface area contributed by atoms with Gasteiger partial charge in [-0.3, -0.25) is 4.98 Å². The Hall–Kier alpha value is -0.640. The molecule has 100 valence electrons. The number of aromatic nitrogens is 2. The SMILES string of the molecule is Cc1cnc(C)c(N(CCBr)C2CCCCC2)n1. The molecule has 0 unspecified atom stereocenters. The molecule has 1 saturated carbocycles. The fraction of sp³-hybridized carbons (Fsp3) is 0.714. The van der Waals surface area contributed by atoms with Crippen molar-refractivity contribution in [1.29, 1.82) is 0 Å². The third kappa shape index (κ3) is 3.22. The van der Waals surface area contributed by atoms with Crippen LogP contribution in [0.3, 0.4) is 0 Å². The molecule has 0 aliphatic heterocycles. The largest absolute Gasteiger partial charge is 0.351 e. The van der Waals surface area contributed by atoms with E-state index in [1.807, 2.05) is 13.1 Å². The predicted molar refractivity (Wildman–Crippen MR) is 79.5 cm³/mol. The summed E-state index contributed by atoms with van der Waals surface area (Å²) in [5.41, 5.74) is 2.05. The van der Waals surface area contributed by atoms with Crippen molar-refractivity contribution in [3.63, 3.8) is 0 Å². The first kappa shape index (κ1) is 13.8. The molecule has 0 atom stereocenters. The molecule has 1 fully saturated rings. The Balaban J connectivity index is 2.24. The molecule has 1 heterocycles. The van der Waals surface area contributed by atoms with E-state index in [9.17, 15) is 0 Å². The minimum Gasteiger partial charge on any atom is -0.351 e. The lowest BCUT2D eigenvalue weighted by Gasteiger charge is -2.35.